The van der Waals surface area contributed by atoms with Gasteiger partial charge in [0.1, 0.15) is 11.9 Å². The third-order valence-corrected chi connectivity index (χ3v) is 3.59. The molecule has 0 amide bonds. The lowest BCUT2D eigenvalue weighted by atomic mass is 9.95. The molecule has 1 aliphatic carbocycles. The lowest BCUT2D eigenvalue weighted by Crippen LogP contribution is -2.34. The van der Waals surface area contributed by atoms with Gasteiger partial charge < -0.3 is 9.84 Å². The Labute approximate surface area is 105 Å². The highest BCUT2D eigenvalue weighted by atomic mass is 79.9. The Balaban J connectivity index is 2.10. The predicted molar refractivity (Wildman–Crippen MR) is 67.8 cm³/mol. The van der Waals surface area contributed by atoms with Gasteiger partial charge in [0.15, 0.2) is 0 Å². The fourth-order valence-electron chi connectivity index (χ4n) is 2.08. The number of benzene rings is 1. The molecular formula is C13H17BrO2. The number of aliphatic hydroxyl groups excluding tert-OH is 1. The molecule has 3 heteroatoms. The van der Waals surface area contributed by atoms with E-state index in [1.807, 2.05) is 25.1 Å². The van der Waals surface area contributed by atoms with E-state index in [1.54, 1.807) is 0 Å². The second kappa shape index (κ2) is 5.19. The van der Waals surface area contributed by atoms with Crippen LogP contribution in [0.4, 0.5) is 0 Å². The fraction of sp³-hybridized carbons (Fsp3) is 0.538. The number of aryl methyl sites for hydroxylation is 1. The van der Waals surface area contributed by atoms with Crippen LogP contribution in [0.5, 0.6) is 5.75 Å². The van der Waals surface area contributed by atoms with E-state index >= 15 is 0 Å². The maximum absolute atomic E-state index is 9.85. The van der Waals surface area contributed by atoms with Crippen LogP contribution in [0.3, 0.4) is 0 Å². The van der Waals surface area contributed by atoms with Gasteiger partial charge in [-0.1, -0.05) is 28.4 Å². The van der Waals surface area contributed by atoms with E-state index < -0.39 is 0 Å². The van der Waals surface area contributed by atoms with Crippen molar-refractivity contribution in [3.63, 3.8) is 0 Å². The topological polar surface area (TPSA) is 29.5 Å². The maximum atomic E-state index is 9.85. The summed E-state index contributed by atoms with van der Waals surface area (Å²) in [7, 11) is 0. The minimum absolute atomic E-state index is 0.0400. The second-order valence-electron chi connectivity index (χ2n) is 4.42. The van der Waals surface area contributed by atoms with Crippen molar-refractivity contribution in [3.8, 4) is 5.75 Å². The summed E-state index contributed by atoms with van der Waals surface area (Å²) < 4.78 is 6.91. The molecule has 0 bridgehead atoms. The lowest BCUT2D eigenvalue weighted by Gasteiger charge is -2.28. The Kier molecular flexibility index (Phi) is 3.87. The van der Waals surface area contributed by atoms with E-state index in [9.17, 15) is 5.11 Å². The summed E-state index contributed by atoms with van der Waals surface area (Å²) in [5, 5.41) is 9.85. The summed E-state index contributed by atoms with van der Waals surface area (Å²) in [5.74, 6) is 0.875. The Morgan fingerprint density at radius 2 is 2.06 bits per heavy atom. The third kappa shape index (κ3) is 2.77. The van der Waals surface area contributed by atoms with E-state index in [0.29, 0.717) is 0 Å². The predicted octanol–water partition coefficient (Wildman–Crippen LogP) is 3.44. The number of aliphatic hydroxyl groups is 1. The highest BCUT2D eigenvalue weighted by Crippen LogP contribution is 2.28. The molecule has 16 heavy (non-hydrogen) atoms. The molecular weight excluding hydrogens is 268 g/mol. The van der Waals surface area contributed by atoms with Gasteiger partial charge in [0.05, 0.1) is 6.10 Å². The first kappa shape index (κ1) is 11.9. The molecule has 0 spiro atoms. The number of halogens is 1. The first-order valence-corrected chi connectivity index (χ1v) is 6.57. The molecule has 2 rings (SSSR count). The monoisotopic (exact) mass is 284 g/mol. The Bertz CT molecular complexity index is 365. The van der Waals surface area contributed by atoms with Crippen LogP contribution in [0.2, 0.25) is 0 Å². The van der Waals surface area contributed by atoms with Crippen LogP contribution in [0.15, 0.2) is 22.7 Å². The van der Waals surface area contributed by atoms with Crippen molar-refractivity contribution in [1.29, 1.82) is 0 Å². The minimum atomic E-state index is -0.313. The van der Waals surface area contributed by atoms with Gasteiger partial charge in [-0.2, -0.15) is 0 Å². The average molecular weight is 285 g/mol. The molecule has 0 aliphatic heterocycles. The van der Waals surface area contributed by atoms with Gasteiger partial charge in [0.2, 0.25) is 0 Å². The van der Waals surface area contributed by atoms with Crippen molar-refractivity contribution in [2.45, 2.75) is 44.8 Å². The van der Waals surface area contributed by atoms with Crippen molar-refractivity contribution in [3.05, 3.63) is 28.2 Å². The number of ether oxygens (including phenoxy) is 1. The molecule has 1 saturated carbocycles. The second-order valence-corrected chi connectivity index (χ2v) is 5.33. The molecule has 1 aliphatic rings. The Morgan fingerprint density at radius 1 is 1.31 bits per heavy atom. The molecule has 1 aromatic carbocycles. The van der Waals surface area contributed by atoms with Crippen LogP contribution in [0, 0.1) is 6.92 Å². The molecule has 2 atom stereocenters. The van der Waals surface area contributed by atoms with Crippen LogP contribution in [-0.2, 0) is 0 Å². The van der Waals surface area contributed by atoms with Crippen LogP contribution in [0.1, 0.15) is 31.2 Å². The highest BCUT2D eigenvalue weighted by molar-refractivity contribution is 9.10. The first-order valence-electron chi connectivity index (χ1n) is 5.77. The molecule has 1 fully saturated rings. The minimum Gasteiger partial charge on any atom is -0.487 e. The zero-order valence-corrected chi connectivity index (χ0v) is 11.0. The number of hydrogen-bond donors (Lipinski definition) is 1. The van der Waals surface area contributed by atoms with E-state index in [1.165, 1.54) is 0 Å². The quantitative estimate of drug-likeness (QED) is 0.902. The first-order chi connectivity index (χ1) is 7.66. The molecule has 88 valence electrons. The molecule has 2 nitrogen and oxygen atoms in total. The number of hydrogen-bond acceptors (Lipinski definition) is 2. The number of rotatable bonds is 2. The van der Waals surface area contributed by atoms with Gasteiger partial charge in [-0.15, -0.1) is 0 Å². The van der Waals surface area contributed by atoms with Crippen LogP contribution in [-0.4, -0.2) is 17.3 Å². The zero-order chi connectivity index (χ0) is 11.5. The van der Waals surface area contributed by atoms with Gasteiger partial charge in [0, 0.05) is 4.47 Å². The molecule has 0 aromatic heterocycles. The average Bonchev–Trinajstić information content (AvgIpc) is 2.27. The summed E-state index contributed by atoms with van der Waals surface area (Å²) in [5.41, 5.74) is 1.11. The molecule has 0 radical (unpaired) electrons. The zero-order valence-electron chi connectivity index (χ0n) is 9.45. The van der Waals surface area contributed by atoms with Crippen molar-refractivity contribution in [1.82, 2.24) is 0 Å². The van der Waals surface area contributed by atoms with E-state index in [2.05, 4.69) is 15.9 Å². The maximum Gasteiger partial charge on any atom is 0.124 e. The largest absolute Gasteiger partial charge is 0.487 e. The molecule has 0 saturated heterocycles. The smallest absolute Gasteiger partial charge is 0.124 e. The normalized spacial score (nSPS) is 25.4. The summed E-state index contributed by atoms with van der Waals surface area (Å²) >= 11 is 3.43. The van der Waals surface area contributed by atoms with Crippen LogP contribution >= 0.6 is 15.9 Å². The van der Waals surface area contributed by atoms with Crippen LogP contribution in [0.25, 0.3) is 0 Å². The van der Waals surface area contributed by atoms with Gasteiger partial charge in [-0.25, -0.2) is 0 Å². The van der Waals surface area contributed by atoms with E-state index in [-0.39, 0.29) is 12.2 Å². The third-order valence-electron chi connectivity index (χ3n) is 3.10. The SMILES string of the molecule is Cc1ccc(Br)cc1O[C@H]1CCCC[C@@H]1O. The van der Waals surface area contributed by atoms with Crippen molar-refractivity contribution < 1.29 is 9.84 Å². The van der Waals surface area contributed by atoms with Gasteiger partial charge in [-0.3, -0.25) is 0 Å². The van der Waals surface area contributed by atoms with Crippen molar-refractivity contribution in [2.75, 3.05) is 0 Å². The van der Waals surface area contributed by atoms with E-state index in [4.69, 9.17) is 4.74 Å². The Morgan fingerprint density at radius 3 is 2.81 bits per heavy atom. The summed E-state index contributed by atoms with van der Waals surface area (Å²) in [6.45, 7) is 2.02. The summed E-state index contributed by atoms with van der Waals surface area (Å²) in [6, 6.07) is 5.99. The molecule has 1 N–H and O–H groups in total. The Hall–Kier alpha value is -0.540. The van der Waals surface area contributed by atoms with Crippen molar-refractivity contribution >= 4 is 15.9 Å². The molecule has 0 unspecified atom stereocenters. The van der Waals surface area contributed by atoms with Crippen LogP contribution < -0.4 is 4.74 Å². The van der Waals surface area contributed by atoms with E-state index in [0.717, 1.165) is 41.5 Å². The highest BCUT2D eigenvalue weighted by Gasteiger charge is 2.25. The van der Waals surface area contributed by atoms with Crippen molar-refractivity contribution in [2.24, 2.45) is 0 Å². The lowest BCUT2D eigenvalue weighted by molar-refractivity contribution is 0.00651. The van der Waals surface area contributed by atoms with Gasteiger partial charge >= 0.3 is 0 Å². The fourth-order valence-corrected chi connectivity index (χ4v) is 2.42. The van der Waals surface area contributed by atoms with Gasteiger partial charge in [-0.05, 0) is 43.9 Å². The molecule has 0 heterocycles. The summed E-state index contributed by atoms with van der Waals surface area (Å²) in [6.07, 6.45) is 3.71. The standard InChI is InChI=1S/C13H17BrO2/c1-9-6-7-10(14)8-13(9)16-12-5-3-2-4-11(12)15/h6-8,11-12,15H,2-5H2,1H3/t11-,12-/m0/s1. The van der Waals surface area contributed by atoms with Gasteiger partial charge in [0.25, 0.3) is 0 Å². The summed E-state index contributed by atoms with van der Waals surface area (Å²) in [4.78, 5) is 0. The molecule has 1 aromatic rings.